The Hall–Kier alpha value is -1.13. The Bertz CT molecular complexity index is 486. The minimum atomic E-state index is -0.353. The van der Waals surface area contributed by atoms with Gasteiger partial charge in [0.2, 0.25) is 5.91 Å². The number of halogens is 2. The van der Waals surface area contributed by atoms with Gasteiger partial charge in [-0.05, 0) is 17.7 Å². The highest BCUT2D eigenvalue weighted by Gasteiger charge is 2.28. The van der Waals surface area contributed by atoms with Crippen molar-refractivity contribution >= 4 is 17.5 Å². The van der Waals surface area contributed by atoms with Crippen LogP contribution in [0, 0.1) is 11.7 Å². The van der Waals surface area contributed by atoms with Crippen LogP contribution < -0.4 is 10.6 Å². The van der Waals surface area contributed by atoms with Crippen molar-refractivity contribution in [1.29, 1.82) is 0 Å². The summed E-state index contributed by atoms with van der Waals surface area (Å²) in [6.45, 7) is 5.91. The van der Waals surface area contributed by atoms with Crippen LogP contribution in [0.3, 0.4) is 0 Å². The molecule has 1 heterocycles. The zero-order valence-electron chi connectivity index (χ0n) is 11.1. The van der Waals surface area contributed by atoms with Crippen molar-refractivity contribution in [2.24, 2.45) is 5.92 Å². The highest BCUT2D eigenvalue weighted by Crippen LogP contribution is 2.30. The maximum absolute atomic E-state index is 13.0. The highest BCUT2D eigenvalue weighted by atomic mass is 35.5. The first-order chi connectivity index (χ1) is 8.90. The Morgan fingerprint density at radius 1 is 1.53 bits per heavy atom. The molecule has 0 aromatic heterocycles. The van der Waals surface area contributed by atoms with Crippen LogP contribution in [0.2, 0.25) is 5.02 Å². The average molecular weight is 285 g/mol. The van der Waals surface area contributed by atoms with Crippen LogP contribution in [-0.4, -0.2) is 25.5 Å². The van der Waals surface area contributed by atoms with E-state index in [4.69, 9.17) is 11.6 Å². The van der Waals surface area contributed by atoms with Crippen LogP contribution in [0.1, 0.15) is 19.4 Å². The molecular weight excluding hydrogens is 267 g/mol. The minimum Gasteiger partial charge on any atom is -0.355 e. The van der Waals surface area contributed by atoms with Crippen molar-refractivity contribution in [3.05, 3.63) is 34.6 Å². The van der Waals surface area contributed by atoms with Gasteiger partial charge in [-0.1, -0.05) is 31.5 Å². The van der Waals surface area contributed by atoms with Crippen molar-refractivity contribution in [1.82, 2.24) is 10.6 Å². The molecule has 1 aliphatic heterocycles. The molecule has 0 atom stereocenters. The number of hydrogen-bond acceptors (Lipinski definition) is 2. The number of nitrogens with one attached hydrogen (secondary N) is 2. The predicted molar refractivity (Wildman–Crippen MR) is 73.8 cm³/mol. The molecule has 5 heteroatoms. The van der Waals surface area contributed by atoms with Crippen LogP contribution in [0.15, 0.2) is 18.2 Å². The van der Waals surface area contributed by atoms with Gasteiger partial charge in [0.1, 0.15) is 5.82 Å². The lowest BCUT2D eigenvalue weighted by atomic mass is 9.84. The molecule has 0 spiro atoms. The standard InChI is InChI=1S/C14H18ClFN2O/c1-14(2,8-18-13(19)9-6-17-7-9)11-4-3-10(16)5-12(11)15/h3-5,9,17H,6-8H2,1-2H3,(H,18,19). The Morgan fingerprint density at radius 3 is 2.74 bits per heavy atom. The van der Waals surface area contributed by atoms with Crippen LogP contribution >= 0.6 is 11.6 Å². The van der Waals surface area contributed by atoms with Crippen molar-refractivity contribution in [2.75, 3.05) is 19.6 Å². The fraction of sp³-hybridized carbons (Fsp3) is 0.500. The third-order valence-corrected chi connectivity index (χ3v) is 3.83. The van der Waals surface area contributed by atoms with E-state index in [0.717, 1.165) is 18.7 Å². The predicted octanol–water partition coefficient (Wildman–Crippen LogP) is 2.09. The van der Waals surface area contributed by atoms with Gasteiger partial charge in [-0.25, -0.2) is 4.39 Å². The monoisotopic (exact) mass is 284 g/mol. The zero-order chi connectivity index (χ0) is 14.0. The summed E-state index contributed by atoms with van der Waals surface area (Å²) in [5, 5.41) is 6.39. The molecular formula is C14H18ClFN2O. The van der Waals surface area contributed by atoms with Crippen LogP contribution in [0.4, 0.5) is 4.39 Å². The van der Waals surface area contributed by atoms with E-state index < -0.39 is 0 Å². The second-order valence-corrected chi connectivity index (χ2v) is 5.99. The zero-order valence-corrected chi connectivity index (χ0v) is 11.9. The van der Waals surface area contributed by atoms with Gasteiger partial charge >= 0.3 is 0 Å². The first kappa shape index (κ1) is 14.3. The lowest BCUT2D eigenvalue weighted by Crippen LogP contribution is -2.52. The number of rotatable bonds is 4. The number of hydrogen-bond donors (Lipinski definition) is 2. The highest BCUT2D eigenvalue weighted by molar-refractivity contribution is 6.31. The maximum atomic E-state index is 13.0. The molecule has 1 fully saturated rings. The molecule has 1 amide bonds. The van der Waals surface area contributed by atoms with E-state index in [9.17, 15) is 9.18 Å². The summed E-state index contributed by atoms with van der Waals surface area (Å²) >= 11 is 6.07. The molecule has 1 aromatic carbocycles. The first-order valence-corrected chi connectivity index (χ1v) is 6.72. The molecule has 1 aromatic rings. The molecule has 1 aliphatic rings. The van der Waals surface area contributed by atoms with Gasteiger partial charge < -0.3 is 10.6 Å². The Balaban J connectivity index is 2.02. The Labute approximate surface area is 117 Å². The summed E-state index contributed by atoms with van der Waals surface area (Å²) < 4.78 is 13.0. The van der Waals surface area contributed by atoms with Crippen LogP contribution in [0.25, 0.3) is 0 Å². The van der Waals surface area contributed by atoms with Gasteiger partial charge in [-0.3, -0.25) is 4.79 Å². The molecule has 1 saturated heterocycles. The third-order valence-electron chi connectivity index (χ3n) is 3.52. The van der Waals surface area contributed by atoms with E-state index in [2.05, 4.69) is 10.6 Å². The number of carbonyl (C=O) groups is 1. The van der Waals surface area contributed by atoms with E-state index in [-0.39, 0.29) is 23.1 Å². The largest absolute Gasteiger partial charge is 0.355 e. The van der Waals surface area contributed by atoms with Gasteiger partial charge in [0.25, 0.3) is 0 Å². The van der Waals surface area contributed by atoms with E-state index in [0.29, 0.717) is 11.6 Å². The summed E-state index contributed by atoms with van der Waals surface area (Å²) in [5.74, 6) is -0.223. The van der Waals surface area contributed by atoms with E-state index >= 15 is 0 Å². The summed E-state index contributed by atoms with van der Waals surface area (Å²) in [6, 6.07) is 4.37. The van der Waals surface area contributed by atoms with E-state index in [1.165, 1.54) is 12.1 Å². The maximum Gasteiger partial charge on any atom is 0.225 e. The lowest BCUT2D eigenvalue weighted by molar-refractivity contribution is -0.126. The molecule has 104 valence electrons. The summed E-state index contributed by atoms with van der Waals surface area (Å²) in [5.41, 5.74) is 0.500. The number of benzene rings is 1. The van der Waals surface area contributed by atoms with Gasteiger partial charge in [0.05, 0.1) is 5.92 Å². The molecule has 2 rings (SSSR count). The molecule has 2 N–H and O–H groups in total. The van der Waals surface area contributed by atoms with E-state index in [1.807, 2.05) is 13.8 Å². The number of amides is 1. The smallest absolute Gasteiger partial charge is 0.225 e. The van der Waals surface area contributed by atoms with Crippen molar-refractivity contribution in [3.8, 4) is 0 Å². The van der Waals surface area contributed by atoms with Crippen molar-refractivity contribution in [2.45, 2.75) is 19.3 Å². The molecule has 19 heavy (non-hydrogen) atoms. The fourth-order valence-electron chi connectivity index (χ4n) is 2.06. The van der Waals surface area contributed by atoms with Crippen molar-refractivity contribution < 1.29 is 9.18 Å². The summed E-state index contributed by atoms with van der Waals surface area (Å²) in [6.07, 6.45) is 0. The molecule has 0 bridgehead atoms. The SMILES string of the molecule is CC(C)(CNC(=O)C1CNC1)c1ccc(F)cc1Cl. The average Bonchev–Trinajstić information content (AvgIpc) is 2.23. The summed E-state index contributed by atoms with van der Waals surface area (Å²) in [4.78, 5) is 11.8. The molecule has 0 radical (unpaired) electrons. The van der Waals surface area contributed by atoms with Crippen molar-refractivity contribution in [3.63, 3.8) is 0 Å². The second-order valence-electron chi connectivity index (χ2n) is 5.58. The molecule has 0 unspecified atom stereocenters. The number of carbonyl (C=O) groups excluding carboxylic acids is 1. The van der Waals surface area contributed by atoms with Gasteiger partial charge in [0, 0.05) is 30.1 Å². The molecule has 0 saturated carbocycles. The molecule has 3 nitrogen and oxygen atoms in total. The van der Waals surface area contributed by atoms with Crippen LogP contribution in [-0.2, 0) is 10.2 Å². The topological polar surface area (TPSA) is 41.1 Å². The quantitative estimate of drug-likeness (QED) is 0.889. The normalized spacial score (nSPS) is 16.0. The Kier molecular flexibility index (Phi) is 4.11. The van der Waals surface area contributed by atoms with Gasteiger partial charge in [0.15, 0.2) is 0 Å². The lowest BCUT2D eigenvalue weighted by Gasteiger charge is -2.30. The minimum absolute atomic E-state index is 0.0602. The molecule has 0 aliphatic carbocycles. The van der Waals surface area contributed by atoms with Gasteiger partial charge in [-0.2, -0.15) is 0 Å². The van der Waals surface area contributed by atoms with Gasteiger partial charge in [-0.15, -0.1) is 0 Å². The summed E-state index contributed by atoms with van der Waals surface area (Å²) in [7, 11) is 0. The Morgan fingerprint density at radius 2 is 2.21 bits per heavy atom. The first-order valence-electron chi connectivity index (χ1n) is 6.34. The van der Waals surface area contributed by atoms with Crippen LogP contribution in [0.5, 0.6) is 0 Å². The fourth-order valence-corrected chi connectivity index (χ4v) is 2.48. The van der Waals surface area contributed by atoms with E-state index in [1.54, 1.807) is 6.07 Å². The third kappa shape index (κ3) is 3.25. The second kappa shape index (κ2) is 5.47.